The highest BCUT2D eigenvalue weighted by molar-refractivity contribution is 6.83. The SMILES string of the molecule is COC1(C#C[Si](C)(C)C)CCNCC1O. The summed E-state index contributed by atoms with van der Waals surface area (Å²) in [6, 6.07) is 0. The van der Waals surface area contributed by atoms with Crippen LogP contribution in [0.4, 0.5) is 0 Å². The van der Waals surface area contributed by atoms with Crippen molar-refractivity contribution in [2.75, 3.05) is 20.2 Å². The zero-order chi connectivity index (χ0) is 11.5. The highest BCUT2D eigenvalue weighted by atomic mass is 28.3. The largest absolute Gasteiger partial charge is 0.388 e. The number of β-amino-alcohol motifs (C(OH)–C–C–N with tert-alkyl or cyclic N) is 1. The van der Waals surface area contributed by atoms with Gasteiger partial charge in [-0.3, -0.25) is 0 Å². The molecule has 0 saturated carbocycles. The minimum atomic E-state index is -1.41. The third kappa shape index (κ3) is 3.32. The second-order valence-corrected chi connectivity index (χ2v) is 9.81. The van der Waals surface area contributed by atoms with Crippen LogP contribution >= 0.6 is 0 Å². The van der Waals surface area contributed by atoms with E-state index < -0.39 is 19.8 Å². The molecule has 2 atom stereocenters. The van der Waals surface area contributed by atoms with Crippen LogP contribution in [0.15, 0.2) is 0 Å². The summed E-state index contributed by atoms with van der Waals surface area (Å²) in [6.07, 6.45) is 0.224. The van der Waals surface area contributed by atoms with Crippen LogP contribution in [0.3, 0.4) is 0 Å². The van der Waals surface area contributed by atoms with Gasteiger partial charge in [0, 0.05) is 20.1 Å². The van der Waals surface area contributed by atoms with Gasteiger partial charge >= 0.3 is 0 Å². The summed E-state index contributed by atoms with van der Waals surface area (Å²) in [4.78, 5) is 0. The smallest absolute Gasteiger partial charge is 0.155 e. The Labute approximate surface area is 93.2 Å². The summed E-state index contributed by atoms with van der Waals surface area (Å²) in [6.45, 7) is 7.99. The minimum Gasteiger partial charge on any atom is -0.388 e. The first kappa shape index (κ1) is 12.7. The van der Waals surface area contributed by atoms with Crippen LogP contribution in [-0.2, 0) is 4.74 Å². The third-order valence-electron chi connectivity index (χ3n) is 2.56. The normalized spacial score (nSPS) is 31.9. The van der Waals surface area contributed by atoms with Gasteiger partial charge in [0.2, 0.25) is 0 Å². The molecule has 15 heavy (non-hydrogen) atoms. The van der Waals surface area contributed by atoms with Crippen LogP contribution < -0.4 is 5.32 Å². The molecule has 2 N–H and O–H groups in total. The molecule has 1 fully saturated rings. The fourth-order valence-electron chi connectivity index (χ4n) is 1.57. The number of ether oxygens (including phenoxy) is 1. The van der Waals surface area contributed by atoms with E-state index in [9.17, 15) is 5.11 Å². The van der Waals surface area contributed by atoms with Crippen molar-refractivity contribution >= 4 is 8.07 Å². The molecule has 0 amide bonds. The lowest BCUT2D eigenvalue weighted by molar-refractivity contribution is -0.0775. The van der Waals surface area contributed by atoms with Gasteiger partial charge < -0.3 is 15.2 Å². The molecule has 1 heterocycles. The maximum atomic E-state index is 9.94. The van der Waals surface area contributed by atoms with Crippen LogP contribution in [0.5, 0.6) is 0 Å². The molecule has 1 rings (SSSR count). The van der Waals surface area contributed by atoms with Gasteiger partial charge in [-0.15, -0.1) is 5.54 Å². The van der Waals surface area contributed by atoms with Crippen molar-refractivity contribution in [3.8, 4) is 11.5 Å². The van der Waals surface area contributed by atoms with Crippen molar-refractivity contribution < 1.29 is 9.84 Å². The monoisotopic (exact) mass is 227 g/mol. The molecule has 2 unspecified atom stereocenters. The first-order valence-corrected chi connectivity index (χ1v) is 8.88. The lowest BCUT2D eigenvalue weighted by Crippen LogP contribution is -2.54. The van der Waals surface area contributed by atoms with Crippen molar-refractivity contribution in [1.29, 1.82) is 0 Å². The van der Waals surface area contributed by atoms with E-state index in [4.69, 9.17) is 4.74 Å². The molecular formula is C11H21NO2Si. The van der Waals surface area contributed by atoms with Gasteiger partial charge in [0.25, 0.3) is 0 Å². The second-order valence-electron chi connectivity index (χ2n) is 5.06. The van der Waals surface area contributed by atoms with Crippen molar-refractivity contribution in [2.24, 2.45) is 0 Å². The first-order chi connectivity index (χ1) is 6.90. The fourth-order valence-corrected chi connectivity index (χ4v) is 2.16. The molecule has 0 aromatic carbocycles. The van der Waals surface area contributed by atoms with Crippen LogP contribution in [0, 0.1) is 11.5 Å². The molecule has 0 aromatic heterocycles. The van der Waals surface area contributed by atoms with Gasteiger partial charge in [-0.2, -0.15) is 0 Å². The average Bonchev–Trinajstić information content (AvgIpc) is 2.16. The number of hydrogen-bond donors (Lipinski definition) is 2. The van der Waals surface area contributed by atoms with E-state index in [-0.39, 0.29) is 0 Å². The summed E-state index contributed by atoms with van der Waals surface area (Å²) in [5.41, 5.74) is 2.64. The topological polar surface area (TPSA) is 41.5 Å². The molecule has 0 spiro atoms. The molecule has 0 aromatic rings. The van der Waals surface area contributed by atoms with Crippen molar-refractivity contribution in [3.63, 3.8) is 0 Å². The summed E-state index contributed by atoms with van der Waals surface area (Å²) >= 11 is 0. The van der Waals surface area contributed by atoms with Crippen molar-refractivity contribution in [2.45, 2.75) is 37.8 Å². The number of hydrogen-bond acceptors (Lipinski definition) is 3. The Morgan fingerprint density at radius 2 is 2.13 bits per heavy atom. The molecule has 86 valence electrons. The maximum Gasteiger partial charge on any atom is 0.155 e. The van der Waals surface area contributed by atoms with Gasteiger partial charge in [-0.1, -0.05) is 25.6 Å². The molecule has 3 nitrogen and oxygen atoms in total. The lowest BCUT2D eigenvalue weighted by Gasteiger charge is -2.36. The second kappa shape index (κ2) is 4.66. The highest BCUT2D eigenvalue weighted by Crippen LogP contribution is 2.22. The number of nitrogens with one attached hydrogen (secondary N) is 1. The molecule has 0 bridgehead atoms. The Kier molecular flexibility index (Phi) is 3.96. The van der Waals surface area contributed by atoms with E-state index in [1.807, 2.05) is 0 Å². The van der Waals surface area contributed by atoms with E-state index in [0.29, 0.717) is 6.54 Å². The Balaban J connectivity index is 2.87. The first-order valence-electron chi connectivity index (χ1n) is 5.38. The van der Waals surface area contributed by atoms with Gasteiger partial charge in [0.15, 0.2) is 5.60 Å². The standard InChI is InChI=1S/C11H21NO2Si/c1-14-11(6-8-15(2,3)4)5-7-12-9-10(11)13/h10,12-13H,5,7,9H2,1-4H3. The van der Waals surface area contributed by atoms with E-state index >= 15 is 0 Å². The number of rotatable bonds is 1. The van der Waals surface area contributed by atoms with Gasteiger partial charge in [-0.05, 0) is 6.54 Å². The summed E-state index contributed by atoms with van der Waals surface area (Å²) in [7, 11) is 0.226. The molecule has 1 aliphatic rings. The van der Waals surface area contributed by atoms with E-state index in [1.165, 1.54) is 0 Å². The highest BCUT2D eigenvalue weighted by Gasteiger charge is 2.38. The third-order valence-corrected chi connectivity index (χ3v) is 3.44. The summed E-state index contributed by atoms with van der Waals surface area (Å²) in [5, 5.41) is 13.1. The molecular weight excluding hydrogens is 206 g/mol. The number of aliphatic hydroxyl groups is 1. The Hall–Kier alpha value is -0.343. The van der Waals surface area contributed by atoms with E-state index in [2.05, 4.69) is 36.4 Å². The lowest BCUT2D eigenvalue weighted by atomic mass is 9.90. The number of methoxy groups -OCH3 is 1. The molecule has 0 aliphatic carbocycles. The molecule has 1 aliphatic heterocycles. The Morgan fingerprint density at radius 1 is 1.47 bits per heavy atom. The molecule has 1 saturated heterocycles. The van der Waals surface area contributed by atoms with Crippen LogP contribution in [0.25, 0.3) is 0 Å². The number of piperidine rings is 1. The van der Waals surface area contributed by atoms with E-state index in [0.717, 1.165) is 13.0 Å². The molecule has 0 radical (unpaired) electrons. The predicted molar refractivity (Wildman–Crippen MR) is 64.4 cm³/mol. The van der Waals surface area contributed by atoms with Gasteiger partial charge in [-0.25, -0.2) is 0 Å². The molecule has 4 heteroatoms. The van der Waals surface area contributed by atoms with Crippen molar-refractivity contribution in [1.82, 2.24) is 5.32 Å². The van der Waals surface area contributed by atoms with Crippen LogP contribution in [-0.4, -0.2) is 45.1 Å². The van der Waals surface area contributed by atoms with Crippen LogP contribution in [0.1, 0.15) is 6.42 Å². The maximum absolute atomic E-state index is 9.94. The number of aliphatic hydroxyl groups excluding tert-OH is 1. The van der Waals surface area contributed by atoms with Gasteiger partial charge in [0.05, 0.1) is 0 Å². The zero-order valence-electron chi connectivity index (χ0n) is 10.1. The van der Waals surface area contributed by atoms with Gasteiger partial charge in [0.1, 0.15) is 14.2 Å². The van der Waals surface area contributed by atoms with Crippen LogP contribution in [0.2, 0.25) is 19.6 Å². The summed E-state index contributed by atoms with van der Waals surface area (Å²) < 4.78 is 5.45. The predicted octanol–water partition coefficient (Wildman–Crippen LogP) is 0.607. The minimum absolute atomic E-state index is 0.528. The zero-order valence-corrected chi connectivity index (χ0v) is 11.1. The fraction of sp³-hybridized carbons (Fsp3) is 0.818. The van der Waals surface area contributed by atoms with Crippen molar-refractivity contribution in [3.05, 3.63) is 0 Å². The average molecular weight is 227 g/mol. The quantitative estimate of drug-likeness (QED) is 0.509. The Morgan fingerprint density at radius 3 is 2.60 bits per heavy atom. The Bertz CT molecular complexity index is 277. The summed E-state index contributed by atoms with van der Waals surface area (Å²) in [5.74, 6) is 3.17. The van der Waals surface area contributed by atoms with E-state index in [1.54, 1.807) is 7.11 Å².